The van der Waals surface area contributed by atoms with Crippen LogP contribution in [0.5, 0.6) is 0 Å². The average molecular weight is 261 g/mol. The van der Waals surface area contributed by atoms with Gasteiger partial charge in [-0.05, 0) is 44.0 Å². The molecule has 0 radical (unpaired) electrons. The number of aryl methyl sites for hydroxylation is 1. The number of nitrogens with one attached hydrogen (secondary N) is 1. The van der Waals surface area contributed by atoms with Gasteiger partial charge >= 0.3 is 0 Å². The van der Waals surface area contributed by atoms with Crippen molar-refractivity contribution >= 4 is 18.3 Å². The molecule has 1 amide bonds. The largest absolute Gasteiger partial charge is 0.352 e. The minimum Gasteiger partial charge on any atom is -0.352 e. The highest BCUT2D eigenvalue weighted by atomic mass is 35.5. The lowest BCUT2D eigenvalue weighted by Crippen LogP contribution is -2.29. The molecule has 0 fully saturated rings. The fourth-order valence-electron chi connectivity index (χ4n) is 1.30. The van der Waals surface area contributed by atoms with Crippen molar-refractivity contribution in [2.24, 2.45) is 5.73 Å². The maximum Gasteiger partial charge on any atom is 0.251 e. The summed E-state index contributed by atoms with van der Waals surface area (Å²) >= 11 is 0. The number of benzene rings is 1. The Hall–Kier alpha value is -1.13. The molecule has 1 aromatic rings. The monoisotopic (exact) mass is 260 g/mol. The van der Waals surface area contributed by atoms with E-state index in [0.29, 0.717) is 17.7 Å². The fraction of sp³-hybridized carbons (Fsp3) is 0.417. The Morgan fingerprint density at radius 2 is 2.18 bits per heavy atom. The quantitative estimate of drug-likeness (QED) is 0.870. The van der Waals surface area contributed by atoms with Crippen molar-refractivity contribution in [2.45, 2.75) is 26.3 Å². The molecule has 0 aromatic heterocycles. The van der Waals surface area contributed by atoms with Crippen LogP contribution in [0.4, 0.5) is 4.39 Å². The van der Waals surface area contributed by atoms with E-state index in [-0.39, 0.29) is 30.2 Å². The van der Waals surface area contributed by atoms with Gasteiger partial charge in [-0.25, -0.2) is 4.39 Å². The lowest BCUT2D eigenvalue weighted by atomic mass is 10.1. The molecule has 3 N–H and O–H groups in total. The molecule has 0 bridgehead atoms. The molecule has 0 spiro atoms. The fourth-order valence-corrected chi connectivity index (χ4v) is 1.30. The predicted octanol–water partition coefficient (Wildman–Crippen LogP) is 2.02. The SMILES string of the molecule is Cc1cc(C(=O)NCCC(C)N)ccc1F.Cl. The van der Waals surface area contributed by atoms with Crippen LogP contribution in [0.15, 0.2) is 18.2 Å². The molecule has 0 aliphatic rings. The van der Waals surface area contributed by atoms with Gasteiger partial charge in [-0.1, -0.05) is 0 Å². The molecule has 0 saturated carbocycles. The molecular weight excluding hydrogens is 243 g/mol. The van der Waals surface area contributed by atoms with Crippen LogP contribution in [-0.4, -0.2) is 18.5 Å². The molecule has 1 aromatic carbocycles. The van der Waals surface area contributed by atoms with E-state index in [1.165, 1.54) is 18.2 Å². The van der Waals surface area contributed by atoms with Crippen molar-refractivity contribution in [3.8, 4) is 0 Å². The summed E-state index contributed by atoms with van der Waals surface area (Å²) in [5, 5.41) is 2.74. The number of halogens is 2. The Bertz CT molecular complexity index is 383. The van der Waals surface area contributed by atoms with Crippen LogP contribution in [0.3, 0.4) is 0 Å². The minimum atomic E-state index is -0.299. The molecule has 1 atom stereocenters. The number of amides is 1. The summed E-state index contributed by atoms with van der Waals surface area (Å²) in [5.41, 5.74) is 6.51. The molecule has 0 saturated heterocycles. The first-order valence-corrected chi connectivity index (χ1v) is 5.30. The van der Waals surface area contributed by atoms with Crippen LogP contribution in [0.2, 0.25) is 0 Å². The van der Waals surface area contributed by atoms with Crippen LogP contribution in [0, 0.1) is 12.7 Å². The van der Waals surface area contributed by atoms with Crippen molar-refractivity contribution in [1.29, 1.82) is 0 Å². The van der Waals surface area contributed by atoms with E-state index in [4.69, 9.17) is 5.73 Å². The molecule has 1 unspecified atom stereocenters. The summed E-state index contributed by atoms with van der Waals surface area (Å²) in [5.74, 6) is -0.490. The Morgan fingerprint density at radius 3 is 2.71 bits per heavy atom. The smallest absolute Gasteiger partial charge is 0.251 e. The number of hydrogen-bond donors (Lipinski definition) is 2. The zero-order valence-corrected chi connectivity index (χ0v) is 10.8. The van der Waals surface area contributed by atoms with Gasteiger partial charge in [0.05, 0.1) is 0 Å². The summed E-state index contributed by atoms with van der Waals surface area (Å²) in [4.78, 5) is 11.6. The highest BCUT2D eigenvalue weighted by Gasteiger charge is 2.07. The highest BCUT2D eigenvalue weighted by molar-refractivity contribution is 5.94. The van der Waals surface area contributed by atoms with Crippen molar-refractivity contribution in [1.82, 2.24) is 5.32 Å². The van der Waals surface area contributed by atoms with Gasteiger partial charge in [-0.2, -0.15) is 0 Å². The van der Waals surface area contributed by atoms with Gasteiger partial charge in [0, 0.05) is 18.2 Å². The van der Waals surface area contributed by atoms with Gasteiger partial charge < -0.3 is 11.1 Å². The van der Waals surface area contributed by atoms with Crippen molar-refractivity contribution in [2.75, 3.05) is 6.54 Å². The summed E-state index contributed by atoms with van der Waals surface area (Å²) in [7, 11) is 0. The Morgan fingerprint density at radius 1 is 1.53 bits per heavy atom. The van der Waals surface area contributed by atoms with E-state index in [9.17, 15) is 9.18 Å². The van der Waals surface area contributed by atoms with E-state index < -0.39 is 0 Å². The van der Waals surface area contributed by atoms with Crippen LogP contribution in [-0.2, 0) is 0 Å². The van der Waals surface area contributed by atoms with Gasteiger partial charge in [0.15, 0.2) is 0 Å². The van der Waals surface area contributed by atoms with Crippen molar-refractivity contribution in [3.63, 3.8) is 0 Å². The first kappa shape index (κ1) is 15.9. The predicted molar refractivity (Wildman–Crippen MR) is 69.0 cm³/mol. The molecule has 17 heavy (non-hydrogen) atoms. The molecular formula is C12H18ClFN2O. The standard InChI is InChI=1S/C12H17FN2O.ClH/c1-8-7-10(3-4-11(8)13)12(16)15-6-5-9(2)14;/h3-4,7,9H,5-6,14H2,1-2H3,(H,15,16);1H. The number of nitrogens with two attached hydrogens (primary N) is 1. The van der Waals surface area contributed by atoms with E-state index in [0.717, 1.165) is 6.42 Å². The molecule has 96 valence electrons. The maximum absolute atomic E-state index is 13.0. The van der Waals surface area contributed by atoms with Gasteiger partial charge in [0.1, 0.15) is 5.82 Å². The number of carbonyl (C=O) groups excluding carboxylic acids is 1. The molecule has 1 rings (SSSR count). The Kier molecular flexibility index (Phi) is 6.76. The van der Waals surface area contributed by atoms with Crippen LogP contribution >= 0.6 is 12.4 Å². The van der Waals surface area contributed by atoms with Gasteiger partial charge in [0.2, 0.25) is 0 Å². The third-order valence-electron chi connectivity index (χ3n) is 2.31. The van der Waals surface area contributed by atoms with Crippen LogP contribution < -0.4 is 11.1 Å². The lowest BCUT2D eigenvalue weighted by Gasteiger charge is -2.07. The molecule has 3 nitrogen and oxygen atoms in total. The maximum atomic E-state index is 13.0. The first-order valence-electron chi connectivity index (χ1n) is 5.30. The second-order valence-corrected chi connectivity index (χ2v) is 3.99. The first-order chi connectivity index (χ1) is 7.50. The topological polar surface area (TPSA) is 55.1 Å². The average Bonchev–Trinajstić information content (AvgIpc) is 2.21. The summed E-state index contributed by atoms with van der Waals surface area (Å²) < 4.78 is 13.0. The van der Waals surface area contributed by atoms with Crippen molar-refractivity contribution in [3.05, 3.63) is 35.1 Å². The Balaban J connectivity index is 0.00000256. The van der Waals surface area contributed by atoms with Gasteiger partial charge in [-0.3, -0.25) is 4.79 Å². The Labute approximate surface area is 107 Å². The van der Waals surface area contributed by atoms with E-state index >= 15 is 0 Å². The second-order valence-electron chi connectivity index (χ2n) is 3.99. The highest BCUT2D eigenvalue weighted by Crippen LogP contribution is 2.08. The van der Waals surface area contributed by atoms with E-state index in [1.807, 2.05) is 6.92 Å². The normalized spacial score (nSPS) is 11.5. The zero-order valence-electron chi connectivity index (χ0n) is 10.00. The third kappa shape index (κ3) is 5.15. The van der Waals surface area contributed by atoms with Crippen LogP contribution in [0.25, 0.3) is 0 Å². The zero-order chi connectivity index (χ0) is 12.1. The summed E-state index contributed by atoms with van der Waals surface area (Å²) in [6.45, 7) is 4.05. The number of rotatable bonds is 4. The lowest BCUT2D eigenvalue weighted by molar-refractivity contribution is 0.0952. The number of carbonyl (C=O) groups is 1. The van der Waals surface area contributed by atoms with E-state index in [1.54, 1.807) is 6.92 Å². The molecule has 0 heterocycles. The summed E-state index contributed by atoms with van der Waals surface area (Å²) in [6, 6.07) is 4.38. The second kappa shape index (κ2) is 7.25. The number of hydrogen-bond acceptors (Lipinski definition) is 2. The molecule has 0 aliphatic heterocycles. The van der Waals surface area contributed by atoms with Crippen molar-refractivity contribution < 1.29 is 9.18 Å². The van der Waals surface area contributed by atoms with Gasteiger partial charge in [0.25, 0.3) is 5.91 Å². The third-order valence-corrected chi connectivity index (χ3v) is 2.31. The van der Waals surface area contributed by atoms with E-state index in [2.05, 4.69) is 5.32 Å². The molecule has 5 heteroatoms. The van der Waals surface area contributed by atoms with Gasteiger partial charge in [-0.15, -0.1) is 12.4 Å². The molecule has 0 aliphatic carbocycles. The minimum absolute atomic E-state index is 0. The summed E-state index contributed by atoms with van der Waals surface area (Å²) in [6.07, 6.45) is 0.728. The van der Waals surface area contributed by atoms with Crippen LogP contribution in [0.1, 0.15) is 29.3 Å².